The summed E-state index contributed by atoms with van der Waals surface area (Å²) in [6.07, 6.45) is 0.940. The molecule has 2 N–H and O–H groups in total. The number of hydrogen-bond donors (Lipinski definition) is 1. The van der Waals surface area contributed by atoms with Crippen LogP contribution < -0.4 is 5.73 Å². The standard InChI is InChI=1S/C16H19NO/c17-11-13-18-12-10-14-6-8-16(9-7-14)15-4-2-1-3-5-15/h1-9H,10-13,17H2. The molecule has 0 spiro atoms. The predicted octanol–water partition coefficient (Wildman–Crippen LogP) is 2.87. The molecule has 94 valence electrons. The van der Waals surface area contributed by atoms with E-state index in [9.17, 15) is 0 Å². The van der Waals surface area contributed by atoms with Crippen LogP contribution >= 0.6 is 0 Å². The minimum atomic E-state index is 0.590. The molecule has 2 nitrogen and oxygen atoms in total. The van der Waals surface area contributed by atoms with Gasteiger partial charge in [0.15, 0.2) is 0 Å². The molecule has 0 unspecified atom stereocenters. The molecule has 2 rings (SSSR count). The van der Waals surface area contributed by atoms with Crippen LogP contribution in [0.5, 0.6) is 0 Å². The van der Waals surface area contributed by atoms with Crippen molar-refractivity contribution in [1.29, 1.82) is 0 Å². The molecule has 0 fully saturated rings. The monoisotopic (exact) mass is 241 g/mol. The van der Waals surface area contributed by atoms with Crippen LogP contribution in [0.2, 0.25) is 0 Å². The van der Waals surface area contributed by atoms with Gasteiger partial charge < -0.3 is 10.5 Å². The number of nitrogens with two attached hydrogens (primary N) is 1. The van der Waals surface area contributed by atoms with Crippen molar-refractivity contribution in [3.05, 3.63) is 60.2 Å². The van der Waals surface area contributed by atoms with Gasteiger partial charge in [-0.3, -0.25) is 0 Å². The fourth-order valence-electron chi connectivity index (χ4n) is 1.87. The number of ether oxygens (including phenoxy) is 1. The van der Waals surface area contributed by atoms with Gasteiger partial charge in [-0.25, -0.2) is 0 Å². The fourth-order valence-corrected chi connectivity index (χ4v) is 1.87. The molecular weight excluding hydrogens is 222 g/mol. The smallest absolute Gasteiger partial charge is 0.0588 e. The molecule has 0 saturated carbocycles. The average molecular weight is 241 g/mol. The first-order valence-corrected chi connectivity index (χ1v) is 6.32. The first-order chi connectivity index (χ1) is 8.90. The highest BCUT2D eigenvalue weighted by atomic mass is 16.5. The second kappa shape index (κ2) is 6.94. The molecule has 2 aromatic carbocycles. The average Bonchev–Trinajstić information content (AvgIpc) is 2.45. The Labute approximate surface area is 108 Å². The lowest BCUT2D eigenvalue weighted by atomic mass is 10.0. The fraction of sp³-hybridized carbons (Fsp3) is 0.250. The van der Waals surface area contributed by atoms with Crippen molar-refractivity contribution in [2.75, 3.05) is 19.8 Å². The Morgan fingerprint density at radius 1 is 0.778 bits per heavy atom. The zero-order valence-electron chi connectivity index (χ0n) is 10.5. The van der Waals surface area contributed by atoms with E-state index in [0.717, 1.165) is 13.0 Å². The summed E-state index contributed by atoms with van der Waals surface area (Å²) in [4.78, 5) is 0. The van der Waals surface area contributed by atoms with Gasteiger partial charge >= 0.3 is 0 Å². The van der Waals surface area contributed by atoms with Gasteiger partial charge in [-0.2, -0.15) is 0 Å². The number of benzene rings is 2. The zero-order chi connectivity index (χ0) is 12.6. The minimum absolute atomic E-state index is 0.590. The molecule has 2 heteroatoms. The van der Waals surface area contributed by atoms with Crippen molar-refractivity contribution < 1.29 is 4.74 Å². The normalized spacial score (nSPS) is 10.5. The molecule has 0 heterocycles. The molecule has 0 aliphatic carbocycles. The first-order valence-electron chi connectivity index (χ1n) is 6.32. The highest BCUT2D eigenvalue weighted by Crippen LogP contribution is 2.19. The van der Waals surface area contributed by atoms with E-state index in [2.05, 4.69) is 48.5 Å². The Hall–Kier alpha value is -1.64. The summed E-state index contributed by atoms with van der Waals surface area (Å²) in [6.45, 7) is 1.97. The third-order valence-electron chi connectivity index (χ3n) is 2.86. The minimum Gasteiger partial charge on any atom is -0.380 e. The molecular formula is C16H19NO. The molecule has 0 saturated heterocycles. The maximum absolute atomic E-state index is 5.38. The van der Waals surface area contributed by atoms with E-state index >= 15 is 0 Å². The van der Waals surface area contributed by atoms with Crippen LogP contribution in [0.25, 0.3) is 11.1 Å². The largest absolute Gasteiger partial charge is 0.380 e. The van der Waals surface area contributed by atoms with Crippen molar-refractivity contribution in [1.82, 2.24) is 0 Å². The van der Waals surface area contributed by atoms with E-state index in [0.29, 0.717) is 13.2 Å². The van der Waals surface area contributed by atoms with Gasteiger partial charge in [0.1, 0.15) is 0 Å². The van der Waals surface area contributed by atoms with Crippen LogP contribution in [0, 0.1) is 0 Å². The Bertz CT molecular complexity index is 450. The molecule has 0 aliphatic rings. The Kier molecular flexibility index (Phi) is 4.94. The lowest BCUT2D eigenvalue weighted by Crippen LogP contribution is -2.10. The maximum Gasteiger partial charge on any atom is 0.0588 e. The predicted molar refractivity (Wildman–Crippen MR) is 75.5 cm³/mol. The summed E-state index contributed by atoms with van der Waals surface area (Å²) in [5.74, 6) is 0. The number of rotatable bonds is 6. The van der Waals surface area contributed by atoms with Crippen molar-refractivity contribution >= 4 is 0 Å². The van der Waals surface area contributed by atoms with Crippen molar-refractivity contribution in [2.24, 2.45) is 5.73 Å². The molecule has 18 heavy (non-hydrogen) atoms. The molecule has 0 radical (unpaired) electrons. The van der Waals surface area contributed by atoms with Gasteiger partial charge in [-0.1, -0.05) is 54.6 Å². The van der Waals surface area contributed by atoms with Crippen molar-refractivity contribution in [3.63, 3.8) is 0 Å². The molecule has 0 aromatic heterocycles. The van der Waals surface area contributed by atoms with Gasteiger partial charge in [-0.15, -0.1) is 0 Å². The van der Waals surface area contributed by atoms with Gasteiger partial charge in [-0.05, 0) is 23.1 Å². The molecule has 0 aliphatic heterocycles. The van der Waals surface area contributed by atoms with E-state index in [-0.39, 0.29) is 0 Å². The molecule has 0 bridgehead atoms. The second-order valence-corrected chi connectivity index (χ2v) is 4.21. The Morgan fingerprint density at radius 2 is 1.44 bits per heavy atom. The van der Waals surface area contributed by atoms with Gasteiger partial charge in [0, 0.05) is 6.54 Å². The van der Waals surface area contributed by atoms with E-state index in [4.69, 9.17) is 10.5 Å². The van der Waals surface area contributed by atoms with Crippen LogP contribution in [-0.4, -0.2) is 19.8 Å². The van der Waals surface area contributed by atoms with Crippen LogP contribution in [0.1, 0.15) is 5.56 Å². The van der Waals surface area contributed by atoms with Gasteiger partial charge in [0.2, 0.25) is 0 Å². The molecule has 2 aromatic rings. The van der Waals surface area contributed by atoms with E-state index in [1.165, 1.54) is 16.7 Å². The highest BCUT2D eigenvalue weighted by molar-refractivity contribution is 5.63. The molecule has 0 atom stereocenters. The van der Waals surface area contributed by atoms with Crippen LogP contribution in [0.4, 0.5) is 0 Å². The summed E-state index contributed by atoms with van der Waals surface area (Å²) in [5, 5.41) is 0. The SMILES string of the molecule is NCCOCCc1ccc(-c2ccccc2)cc1. The lowest BCUT2D eigenvalue weighted by Gasteiger charge is -2.05. The van der Waals surface area contributed by atoms with E-state index in [1.54, 1.807) is 0 Å². The quantitative estimate of drug-likeness (QED) is 0.789. The van der Waals surface area contributed by atoms with Crippen LogP contribution in [-0.2, 0) is 11.2 Å². The number of hydrogen-bond acceptors (Lipinski definition) is 2. The van der Waals surface area contributed by atoms with E-state index in [1.807, 2.05) is 6.07 Å². The Morgan fingerprint density at radius 3 is 2.11 bits per heavy atom. The summed E-state index contributed by atoms with van der Waals surface area (Å²) in [6, 6.07) is 19.0. The van der Waals surface area contributed by atoms with Crippen molar-refractivity contribution in [2.45, 2.75) is 6.42 Å². The summed E-state index contributed by atoms with van der Waals surface area (Å²) < 4.78 is 5.38. The third kappa shape index (κ3) is 3.69. The molecule has 0 amide bonds. The van der Waals surface area contributed by atoms with E-state index < -0.39 is 0 Å². The summed E-state index contributed by atoms with van der Waals surface area (Å²) >= 11 is 0. The third-order valence-corrected chi connectivity index (χ3v) is 2.86. The van der Waals surface area contributed by atoms with Crippen LogP contribution in [0.15, 0.2) is 54.6 Å². The second-order valence-electron chi connectivity index (χ2n) is 4.21. The topological polar surface area (TPSA) is 35.2 Å². The Balaban J connectivity index is 1.94. The zero-order valence-corrected chi connectivity index (χ0v) is 10.5. The highest BCUT2D eigenvalue weighted by Gasteiger charge is 1.97. The maximum atomic E-state index is 5.38. The summed E-state index contributed by atoms with van der Waals surface area (Å²) in [7, 11) is 0. The van der Waals surface area contributed by atoms with Gasteiger partial charge in [0.25, 0.3) is 0 Å². The summed E-state index contributed by atoms with van der Waals surface area (Å²) in [5.41, 5.74) is 9.17. The van der Waals surface area contributed by atoms with Crippen molar-refractivity contribution in [3.8, 4) is 11.1 Å². The lowest BCUT2D eigenvalue weighted by molar-refractivity contribution is 0.145. The van der Waals surface area contributed by atoms with Crippen LogP contribution in [0.3, 0.4) is 0 Å². The first kappa shape index (κ1) is 12.8. The van der Waals surface area contributed by atoms with Gasteiger partial charge in [0.05, 0.1) is 13.2 Å².